The largest absolute Gasteiger partial charge is 0.332 e. The van der Waals surface area contributed by atoms with Crippen molar-refractivity contribution in [3.05, 3.63) is 39.3 Å². The van der Waals surface area contributed by atoms with E-state index in [0.717, 1.165) is 16.1 Å². The predicted molar refractivity (Wildman–Crippen MR) is 82.2 cm³/mol. The van der Waals surface area contributed by atoms with Gasteiger partial charge in [-0.05, 0) is 23.9 Å². The van der Waals surface area contributed by atoms with Gasteiger partial charge in [0.2, 0.25) is 0 Å². The summed E-state index contributed by atoms with van der Waals surface area (Å²) in [6, 6.07) is 4.18. The third kappa shape index (κ3) is 1.96. The molecule has 21 heavy (non-hydrogen) atoms. The van der Waals surface area contributed by atoms with Crippen LogP contribution in [-0.2, 0) is 6.54 Å². The first kappa shape index (κ1) is 13.5. The van der Waals surface area contributed by atoms with E-state index in [-0.39, 0.29) is 5.56 Å². The maximum absolute atomic E-state index is 12.1. The molecule has 0 saturated carbocycles. The van der Waals surface area contributed by atoms with E-state index in [1.807, 2.05) is 18.4 Å². The average Bonchev–Trinajstić information content (AvgIpc) is 3.01. The Kier molecular flexibility index (Phi) is 3.33. The highest BCUT2D eigenvalue weighted by molar-refractivity contribution is 7.13. The summed E-state index contributed by atoms with van der Waals surface area (Å²) < 4.78 is 1.80. The zero-order chi connectivity index (χ0) is 15.0. The summed E-state index contributed by atoms with van der Waals surface area (Å²) in [7, 11) is 0. The second-order valence-electron chi connectivity index (χ2n) is 4.64. The number of hydrogen-bond donors (Lipinski definition) is 2. The van der Waals surface area contributed by atoms with Crippen molar-refractivity contribution in [3.8, 4) is 16.6 Å². The lowest BCUT2D eigenvalue weighted by molar-refractivity contribution is 0.738. The Bertz CT molecular complexity index is 912. The molecule has 0 aliphatic heterocycles. The molecule has 0 amide bonds. The van der Waals surface area contributed by atoms with Crippen molar-refractivity contribution in [3.63, 3.8) is 0 Å². The van der Waals surface area contributed by atoms with Gasteiger partial charge in [-0.2, -0.15) is 5.26 Å². The van der Waals surface area contributed by atoms with Crippen molar-refractivity contribution in [2.75, 3.05) is 6.54 Å². The maximum Gasteiger partial charge on any atom is 0.275 e. The second-order valence-corrected chi connectivity index (χ2v) is 5.55. The van der Waals surface area contributed by atoms with Crippen LogP contribution < -0.4 is 11.3 Å². The van der Waals surface area contributed by atoms with Crippen molar-refractivity contribution in [2.24, 2.45) is 5.73 Å². The van der Waals surface area contributed by atoms with E-state index < -0.39 is 0 Å². The summed E-state index contributed by atoms with van der Waals surface area (Å²) in [5, 5.41) is 11.5. The molecule has 0 unspecified atom stereocenters. The number of aryl methyl sites for hydroxylation is 1. The standard InChI is InChI=1S/C14H13N5OS/c1-8-2-5-21-13(8)11-9(6-16)10-12(19(11)4-3-15)14(20)18-7-17-10/h2,5,7H,3-4,15H2,1H3,(H,17,18,20). The van der Waals surface area contributed by atoms with Crippen molar-refractivity contribution in [1.82, 2.24) is 14.5 Å². The van der Waals surface area contributed by atoms with Crippen LogP contribution in [0.4, 0.5) is 0 Å². The van der Waals surface area contributed by atoms with Crippen LogP contribution in [0.25, 0.3) is 21.6 Å². The lowest BCUT2D eigenvalue weighted by Gasteiger charge is -2.08. The molecule has 0 aromatic carbocycles. The summed E-state index contributed by atoms with van der Waals surface area (Å²) in [4.78, 5) is 19.9. The average molecular weight is 299 g/mol. The lowest BCUT2D eigenvalue weighted by Crippen LogP contribution is -2.16. The Morgan fingerprint density at radius 2 is 2.38 bits per heavy atom. The number of thiophene rings is 1. The van der Waals surface area contributed by atoms with Gasteiger partial charge in [0.1, 0.15) is 22.7 Å². The van der Waals surface area contributed by atoms with Gasteiger partial charge < -0.3 is 15.3 Å². The van der Waals surface area contributed by atoms with Crippen LogP contribution in [0, 0.1) is 18.3 Å². The number of nitriles is 1. The molecule has 0 aliphatic carbocycles. The van der Waals surface area contributed by atoms with Gasteiger partial charge in [0.05, 0.1) is 16.9 Å². The smallest absolute Gasteiger partial charge is 0.275 e. The summed E-state index contributed by atoms with van der Waals surface area (Å²) in [6.07, 6.45) is 1.32. The van der Waals surface area contributed by atoms with Crippen LogP contribution in [0.1, 0.15) is 11.1 Å². The van der Waals surface area contributed by atoms with Crippen molar-refractivity contribution >= 4 is 22.4 Å². The molecule has 0 bridgehead atoms. The minimum absolute atomic E-state index is 0.259. The number of aromatic amines is 1. The number of hydrogen-bond acceptors (Lipinski definition) is 5. The van der Waals surface area contributed by atoms with E-state index in [0.29, 0.717) is 29.7 Å². The molecule has 0 radical (unpaired) electrons. The van der Waals surface area contributed by atoms with Gasteiger partial charge in [-0.1, -0.05) is 0 Å². The Hall–Kier alpha value is -2.43. The van der Waals surface area contributed by atoms with E-state index in [1.54, 1.807) is 15.9 Å². The molecule has 3 aromatic heterocycles. The number of nitrogens with one attached hydrogen (secondary N) is 1. The molecule has 106 valence electrons. The first-order chi connectivity index (χ1) is 10.2. The fourth-order valence-electron chi connectivity index (χ4n) is 2.49. The number of nitrogens with two attached hydrogens (primary N) is 1. The van der Waals surface area contributed by atoms with Gasteiger partial charge in [-0.25, -0.2) is 4.98 Å². The summed E-state index contributed by atoms with van der Waals surface area (Å²) in [5.41, 5.74) is 8.48. The second kappa shape index (κ2) is 5.16. The van der Waals surface area contributed by atoms with Gasteiger partial charge >= 0.3 is 0 Å². The van der Waals surface area contributed by atoms with Gasteiger partial charge in [-0.15, -0.1) is 11.3 Å². The molecule has 0 spiro atoms. The normalized spacial score (nSPS) is 10.9. The Morgan fingerprint density at radius 1 is 1.57 bits per heavy atom. The monoisotopic (exact) mass is 299 g/mol. The molecule has 3 rings (SSSR count). The van der Waals surface area contributed by atoms with E-state index in [2.05, 4.69) is 16.0 Å². The van der Waals surface area contributed by atoms with Crippen molar-refractivity contribution in [2.45, 2.75) is 13.5 Å². The SMILES string of the molecule is Cc1ccsc1-c1c(C#N)c2nc[nH]c(=O)c2n1CCN. The zero-order valence-electron chi connectivity index (χ0n) is 11.4. The number of fused-ring (bicyclic) bond motifs is 1. The highest BCUT2D eigenvalue weighted by Crippen LogP contribution is 2.35. The predicted octanol–water partition coefficient (Wildman–Crippen LogP) is 1.59. The van der Waals surface area contributed by atoms with Gasteiger partial charge in [0, 0.05) is 13.1 Å². The third-order valence-corrected chi connectivity index (χ3v) is 4.41. The summed E-state index contributed by atoms with van der Waals surface area (Å²) >= 11 is 1.54. The van der Waals surface area contributed by atoms with Crippen molar-refractivity contribution < 1.29 is 0 Å². The molecule has 3 N–H and O–H groups in total. The van der Waals surface area contributed by atoms with Gasteiger partial charge in [0.25, 0.3) is 5.56 Å². The highest BCUT2D eigenvalue weighted by Gasteiger charge is 2.23. The molecule has 0 saturated heterocycles. The Morgan fingerprint density at radius 3 is 3.00 bits per heavy atom. The summed E-state index contributed by atoms with van der Waals surface area (Å²) in [6.45, 7) is 2.81. The Balaban J connectivity index is 2.51. The highest BCUT2D eigenvalue weighted by atomic mass is 32.1. The molecule has 3 heterocycles. The van der Waals surface area contributed by atoms with Crippen LogP contribution in [0.15, 0.2) is 22.6 Å². The van der Waals surface area contributed by atoms with Crippen LogP contribution in [-0.4, -0.2) is 21.1 Å². The molecular formula is C14H13N5OS. The molecular weight excluding hydrogens is 286 g/mol. The fraction of sp³-hybridized carbons (Fsp3) is 0.214. The molecule has 0 aliphatic rings. The van der Waals surface area contributed by atoms with Crippen molar-refractivity contribution in [1.29, 1.82) is 5.26 Å². The third-order valence-electron chi connectivity index (χ3n) is 3.38. The molecule has 7 heteroatoms. The minimum Gasteiger partial charge on any atom is -0.332 e. The lowest BCUT2D eigenvalue weighted by atomic mass is 10.1. The molecule has 0 atom stereocenters. The zero-order valence-corrected chi connectivity index (χ0v) is 12.2. The van der Waals surface area contributed by atoms with E-state index >= 15 is 0 Å². The molecule has 3 aromatic rings. The van der Waals surface area contributed by atoms with Crippen LogP contribution in [0.3, 0.4) is 0 Å². The van der Waals surface area contributed by atoms with Gasteiger partial charge in [0.15, 0.2) is 0 Å². The molecule has 0 fully saturated rings. The van der Waals surface area contributed by atoms with E-state index in [9.17, 15) is 10.1 Å². The van der Waals surface area contributed by atoms with Crippen LogP contribution in [0.5, 0.6) is 0 Å². The topological polar surface area (TPSA) is 100 Å². The van der Waals surface area contributed by atoms with Crippen LogP contribution >= 0.6 is 11.3 Å². The maximum atomic E-state index is 12.1. The first-order valence-corrected chi connectivity index (χ1v) is 7.31. The van der Waals surface area contributed by atoms with E-state index in [1.165, 1.54) is 6.33 Å². The number of rotatable bonds is 3. The van der Waals surface area contributed by atoms with E-state index in [4.69, 9.17) is 5.73 Å². The number of nitrogens with zero attached hydrogens (tertiary/aromatic N) is 3. The first-order valence-electron chi connectivity index (χ1n) is 6.43. The quantitative estimate of drug-likeness (QED) is 0.767. The Labute approximate surface area is 124 Å². The van der Waals surface area contributed by atoms with Crippen LogP contribution in [0.2, 0.25) is 0 Å². The number of aromatic nitrogens is 3. The minimum atomic E-state index is -0.259. The fourth-order valence-corrected chi connectivity index (χ4v) is 3.48. The number of H-pyrrole nitrogens is 1. The summed E-state index contributed by atoms with van der Waals surface area (Å²) in [5.74, 6) is 0. The molecule has 6 nitrogen and oxygen atoms in total. The van der Waals surface area contributed by atoms with Gasteiger partial charge in [-0.3, -0.25) is 4.79 Å².